The molecule has 0 saturated heterocycles. The highest BCUT2D eigenvalue weighted by atomic mass is 35.5. The Morgan fingerprint density at radius 1 is 1.32 bits per heavy atom. The third-order valence-corrected chi connectivity index (χ3v) is 4.42. The van der Waals surface area contributed by atoms with E-state index >= 15 is 0 Å². The molecule has 0 amide bonds. The van der Waals surface area contributed by atoms with Crippen molar-refractivity contribution in [1.29, 1.82) is 5.26 Å². The minimum absolute atomic E-state index is 0.620. The maximum Gasteiger partial charge on any atom is 0.0992 e. The van der Waals surface area contributed by atoms with Crippen molar-refractivity contribution in [2.75, 3.05) is 6.54 Å². The molecule has 3 heteroatoms. The van der Waals surface area contributed by atoms with Crippen LogP contribution in [0, 0.1) is 23.2 Å². The third kappa shape index (κ3) is 4.23. The maximum atomic E-state index is 8.80. The highest BCUT2D eigenvalue weighted by Gasteiger charge is 2.17. The number of nitrogens with zero attached hydrogens (tertiary/aromatic N) is 1. The second kappa shape index (κ2) is 6.93. The predicted octanol–water partition coefficient (Wildman–Crippen LogP) is 4.13. The quantitative estimate of drug-likeness (QED) is 0.898. The average molecular weight is 277 g/mol. The highest BCUT2D eigenvalue weighted by molar-refractivity contribution is 6.31. The molecule has 0 bridgehead atoms. The van der Waals surface area contributed by atoms with E-state index in [1.165, 1.54) is 25.7 Å². The molecule has 0 unspecified atom stereocenters. The zero-order chi connectivity index (χ0) is 13.7. The number of rotatable bonds is 4. The number of nitriles is 1. The van der Waals surface area contributed by atoms with E-state index in [0.717, 1.165) is 30.5 Å². The third-order valence-electron chi connectivity index (χ3n) is 4.07. The fourth-order valence-electron chi connectivity index (χ4n) is 2.70. The molecule has 1 aliphatic rings. The molecule has 1 aromatic rings. The van der Waals surface area contributed by atoms with Gasteiger partial charge in [0.15, 0.2) is 0 Å². The lowest BCUT2D eigenvalue weighted by Crippen LogP contribution is -2.25. The molecular weight excluding hydrogens is 256 g/mol. The lowest BCUT2D eigenvalue weighted by molar-refractivity contribution is 0.281. The summed E-state index contributed by atoms with van der Waals surface area (Å²) in [4.78, 5) is 0. The van der Waals surface area contributed by atoms with Crippen molar-refractivity contribution in [3.8, 4) is 6.07 Å². The topological polar surface area (TPSA) is 35.8 Å². The molecule has 1 saturated carbocycles. The molecule has 2 nitrogen and oxygen atoms in total. The molecule has 0 aromatic heterocycles. The van der Waals surface area contributed by atoms with Gasteiger partial charge in [-0.3, -0.25) is 0 Å². The van der Waals surface area contributed by atoms with E-state index in [-0.39, 0.29) is 0 Å². The fourth-order valence-corrected chi connectivity index (χ4v) is 2.95. The van der Waals surface area contributed by atoms with Crippen LogP contribution in [0.25, 0.3) is 0 Å². The monoisotopic (exact) mass is 276 g/mol. The Kier molecular flexibility index (Phi) is 5.24. The summed E-state index contributed by atoms with van der Waals surface area (Å²) >= 11 is 6.16. The van der Waals surface area contributed by atoms with Gasteiger partial charge < -0.3 is 5.32 Å². The second-order valence-electron chi connectivity index (χ2n) is 5.67. The van der Waals surface area contributed by atoms with Gasteiger partial charge in [0.2, 0.25) is 0 Å². The number of hydrogen-bond acceptors (Lipinski definition) is 2. The van der Waals surface area contributed by atoms with Crippen LogP contribution in [0.4, 0.5) is 0 Å². The van der Waals surface area contributed by atoms with Crippen molar-refractivity contribution >= 4 is 11.6 Å². The molecule has 1 aliphatic carbocycles. The second-order valence-corrected chi connectivity index (χ2v) is 6.08. The molecule has 0 heterocycles. The first kappa shape index (κ1) is 14.4. The van der Waals surface area contributed by atoms with Crippen LogP contribution >= 0.6 is 11.6 Å². The number of hydrogen-bond donors (Lipinski definition) is 1. The van der Waals surface area contributed by atoms with Gasteiger partial charge in [0, 0.05) is 11.6 Å². The molecule has 2 rings (SSSR count). The smallest absolute Gasteiger partial charge is 0.0992 e. The number of benzene rings is 1. The minimum Gasteiger partial charge on any atom is -0.312 e. The molecule has 1 N–H and O–H groups in total. The van der Waals surface area contributed by atoms with Gasteiger partial charge in [-0.2, -0.15) is 5.26 Å². The summed E-state index contributed by atoms with van der Waals surface area (Å²) in [7, 11) is 0. The normalized spacial score (nSPS) is 23.0. The largest absolute Gasteiger partial charge is 0.312 e. The van der Waals surface area contributed by atoms with Gasteiger partial charge >= 0.3 is 0 Å². The zero-order valence-electron chi connectivity index (χ0n) is 11.5. The fraction of sp³-hybridized carbons (Fsp3) is 0.562. The summed E-state index contributed by atoms with van der Waals surface area (Å²) in [5.74, 6) is 1.72. The Hall–Kier alpha value is -1.04. The SMILES string of the molecule is CC1CCC(CNCc2ccc(C#N)cc2Cl)CC1. The van der Waals surface area contributed by atoms with Crippen molar-refractivity contribution in [3.05, 3.63) is 34.3 Å². The van der Waals surface area contributed by atoms with Crippen LogP contribution in [-0.4, -0.2) is 6.54 Å². The molecule has 0 atom stereocenters. The molecule has 0 radical (unpaired) electrons. The average Bonchev–Trinajstić information content (AvgIpc) is 2.42. The van der Waals surface area contributed by atoms with Gasteiger partial charge in [-0.1, -0.05) is 37.4 Å². The van der Waals surface area contributed by atoms with Crippen LogP contribution < -0.4 is 5.32 Å². The Bertz CT molecular complexity index is 456. The van der Waals surface area contributed by atoms with Crippen LogP contribution in [0.3, 0.4) is 0 Å². The summed E-state index contributed by atoms with van der Waals surface area (Å²) in [5.41, 5.74) is 1.69. The van der Waals surface area contributed by atoms with Gasteiger partial charge in [0.05, 0.1) is 11.6 Å². The highest BCUT2D eigenvalue weighted by Crippen LogP contribution is 2.27. The van der Waals surface area contributed by atoms with Gasteiger partial charge in [0.1, 0.15) is 0 Å². The van der Waals surface area contributed by atoms with E-state index in [1.54, 1.807) is 6.07 Å². The zero-order valence-corrected chi connectivity index (χ0v) is 12.2. The lowest BCUT2D eigenvalue weighted by Gasteiger charge is -2.26. The van der Waals surface area contributed by atoms with Crippen molar-refractivity contribution in [3.63, 3.8) is 0 Å². The summed E-state index contributed by atoms with van der Waals surface area (Å²) in [6, 6.07) is 7.60. The van der Waals surface area contributed by atoms with E-state index in [9.17, 15) is 0 Å². The first-order valence-corrected chi connectivity index (χ1v) is 7.46. The maximum absolute atomic E-state index is 8.80. The molecule has 19 heavy (non-hydrogen) atoms. The molecule has 0 spiro atoms. The Morgan fingerprint density at radius 2 is 2.05 bits per heavy atom. The Balaban J connectivity index is 1.78. The molecule has 1 fully saturated rings. The van der Waals surface area contributed by atoms with Crippen LogP contribution in [-0.2, 0) is 6.54 Å². The van der Waals surface area contributed by atoms with Gasteiger partial charge in [-0.05, 0) is 48.9 Å². The van der Waals surface area contributed by atoms with E-state index < -0.39 is 0 Å². The summed E-state index contributed by atoms with van der Waals surface area (Å²) in [6.45, 7) is 4.21. The van der Waals surface area contributed by atoms with Crippen molar-refractivity contribution in [1.82, 2.24) is 5.32 Å². The van der Waals surface area contributed by atoms with Gasteiger partial charge in [-0.25, -0.2) is 0 Å². The number of halogens is 1. The first-order chi connectivity index (χ1) is 9.19. The summed E-state index contributed by atoms with van der Waals surface area (Å²) < 4.78 is 0. The first-order valence-electron chi connectivity index (χ1n) is 7.08. The molecular formula is C16H21ClN2. The summed E-state index contributed by atoms with van der Waals surface area (Å²) in [6.07, 6.45) is 5.42. The van der Waals surface area contributed by atoms with E-state index in [0.29, 0.717) is 10.6 Å². The van der Waals surface area contributed by atoms with E-state index in [2.05, 4.69) is 18.3 Å². The van der Waals surface area contributed by atoms with Gasteiger partial charge in [-0.15, -0.1) is 0 Å². The van der Waals surface area contributed by atoms with Crippen LogP contribution in [0.5, 0.6) is 0 Å². The van der Waals surface area contributed by atoms with Crippen molar-refractivity contribution < 1.29 is 0 Å². The minimum atomic E-state index is 0.620. The van der Waals surface area contributed by atoms with E-state index in [4.69, 9.17) is 16.9 Å². The Morgan fingerprint density at radius 3 is 2.68 bits per heavy atom. The van der Waals surface area contributed by atoms with Crippen molar-refractivity contribution in [2.45, 2.75) is 39.2 Å². The van der Waals surface area contributed by atoms with Crippen molar-refractivity contribution in [2.24, 2.45) is 11.8 Å². The predicted molar refractivity (Wildman–Crippen MR) is 79.0 cm³/mol. The van der Waals surface area contributed by atoms with Crippen LogP contribution in [0.1, 0.15) is 43.7 Å². The number of nitrogens with one attached hydrogen (secondary N) is 1. The molecule has 0 aliphatic heterocycles. The van der Waals surface area contributed by atoms with Gasteiger partial charge in [0.25, 0.3) is 0 Å². The van der Waals surface area contributed by atoms with Crippen LogP contribution in [0.2, 0.25) is 5.02 Å². The molecule has 1 aromatic carbocycles. The standard InChI is InChI=1S/C16H21ClN2/c1-12-2-4-13(5-3-12)10-19-11-15-7-6-14(9-18)8-16(15)17/h6-8,12-13,19H,2-5,10-11H2,1H3. The van der Waals surface area contributed by atoms with Crippen LogP contribution in [0.15, 0.2) is 18.2 Å². The lowest BCUT2D eigenvalue weighted by atomic mass is 9.83. The van der Waals surface area contributed by atoms with E-state index in [1.807, 2.05) is 12.1 Å². The summed E-state index contributed by atoms with van der Waals surface area (Å²) in [5, 5.41) is 13.0. The molecule has 102 valence electrons. The Labute approximate surface area is 120 Å².